The van der Waals surface area contributed by atoms with Gasteiger partial charge in [-0.3, -0.25) is 14.7 Å². The van der Waals surface area contributed by atoms with Crippen molar-refractivity contribution in [3.05, 3.63) is 59.9 Å². The number of nitrogens with zero attached hydrogens (tertiary/aromatic N) is 3. The van der Waals surface area contributed by atoms with Gasteiger partial charge in [-0.15, -0.1) is 12.4 Å². The van der Waals surface area contributed by atoms with E-state index in [-0.39, 0.29) is 18.3 Å². The summed E-state index contributed by atoms with van der Waals surface area (Å²) in [4.78, 5) is 21.0. The number of hydrogen-bond donors (Lipinski definition) is 1. The Labute approximate surface area is 142 Å². The average Bonchev–Trinajstić information content (AvgIpc) is 2.57. The predicted octanol–water partition coefficient (Wildman–Crippen LogP) is 2.04. The van der Waals surface area contributed by atoms with Crippen LogP contribution in [0.2, 0.25) is 0 Å². The second-order valence-electron chi connectivity index (χ2n) is 5.51. The Hall–Kier alpha value is -2.11. The maximum Gasteiger partial charge on any atom is 0.253 e. The monoisotopic (exact) mass is 332 g/mol. The molecular weight excluding hydrogens is 312 g/mol. The van der Waals surface area contributed by atoms with Gasteiger partial charge in [0, 0.05) is 50.2 Å². The van der Waals surface area contributed by atoms with Gasteiger partial charge in [-0.05, 0) is 36.4 Å². The molecule has 1 aliphatic rings. The smallest absolute Gasteiger partial charge is 0.253 e. The van der Waals surface area contributed by atoms with Gasteiger partial charge in [0.1, 0.15) is 0 Å². The molecule has 3 rings (SSSR count). The van der Waals surface area contributed by atoms with E-state index in [0.717, 1.165) is 38.4 Å². The molecule has 1 saturated heterocycles. The highest BCUT2D eigenvalue weighted by molar-refractivity contribution is 5.94. The van der Waals surface area contributed by atoms with E-state index < -0.39 is 0 Å². The van der Waals surface area contributed by atoms with Gasteiger partial charge in [0.25, 0.3) is 5.91 Å². The Morgan fingerprint density at radius 2 is 1.74 bits per heavy atom. The Morgan fingerprint density at radius 1 is 1.04 bits per heavy atom. The Balaban J connectivity index is 0.00000192. The molecule has 1 aliphatic heterocycles. The van der Waals surface area contributed by atoms with Crippen molar-refractivity contribution in [2.75, 3.05) is 31.9 Å². The third kappa shape index (κ3) is 4.43. The van der Waals surface area contributed by atoms with Crippen LogP contribution in [0.15, 0.2) is 48.7 Å². The molecule has 122 valence electrons. The minimum Gasteiger partial charge on any atom is -0.399 e. The number of nitrogen functional groups attached to an aromatic ring is 1. The molecule has 1 amide bonds. The number of hydrogen-bond acceptors (Lipinski definition) is 4. The van der Waals surface area contributed by atoms with Crippen LogP contribution >= 0.6 is 12.4 Å². The van der Waals surface area contributed by atoms with Crippen molar-refractivity contribution < 1.29 is 4.79 Å². The number of nitrogens with two attached hydrogens (primary N) is 1. The lowest BCUT2D eigenvalue weighted by molar-refractivity contribution is 0.0627. The van der Waals surface area contributed by atoms with Crippen molar-refractivity contribution in [2.24, 2.45) is 0 Å². The summed E-state index contributed by atoms with van der Waals surface area (Å²) < 4.78 is 0. The summed E-state index contributed by atoms with van der Waals surface area (Å²) in [6.45, 7) is 4.07. The van der Waals surface area contributed by atoms with E-state index in [1.54, 1.807) is 24.3 Å². The topological polar surface area (TPSA) is 62.5 Å². The van der Waals surface area contributed by atoms with Crippen LogP contribution in [0.5, 0.6) is 0 Å². The summed E-state index contributed by atoms with van der Waals surface area (Å²) in [6.07, 6.45) is 1.82. The van der Waals surface area contributed by atoms with Gasteiger partial charge in [0.05, 0.1) is 5.69 Å². The molecule has 0 radical (unpaired) electrons. The fourth-order valence-electron chi connectivity index (χ4n) is 2.64. The lowest BCUT2D eigenvalue weighted by Gasteiger charge is -2.34. The number of piperazine rings is 1. The molecule has 1 aromatic carbocycles. The Kier molecular flexibility index (Phi) is 5.96. The highest BCUT2D eigenvalue weighted by Gasteiger charge is 2.22. The number of rotatable bonds is 3. The van der Waals surface area contributed by atoms with Crippen molar-refractivity contribution in [1.29, 1.82) is 0 Å². The molecule has 0 saturated carbocycles. The van der Waals surface area contributed by atoms with Crippen molar-refractivity contribution in [1.82, 2.24) is 14.8 Å². The van der Waals surface area contributed by atoms with Crippen LogP contribution in [0.3, 0.4) is 0 Å². The first-order valence-electron chi connectivity index (χ1n) is 7.49. The second kappa shape index (κ2) is 7.94. The molecule has 0 unspecified atom stereocenters. The zero-order chi connectivity index (χ0) is 15.4. The minimum atomic E-state index is 0. The maximum absolute atomic E-state index is 12.4. The first kappa shape index (κ1) is 17.2. The highest BCUT2D eigenvalue weighted by Crippen LogP contribution is 2.12. The number of amides is 1. The summed E-state index contributed by atoms with van der Waals surface area (Å²) >= 11 is 0. The third-order valence-electron chi connectivity index (χ3n) is 3.93. The Morgan fingerprint density at radius 3 is 2.35 bits per heavy atom. The molecule has 0 aliphatic carbocycles. The minimum absolute atomic E-state index is 0. The number of aromatic nitrogens is 1. The van der Waals surface area contributed by atoms with E-state index in [1.165, 1.54) is 0 Å². The highest BCUT2D eigenvalue weighted by atomic mass is 35.5. The lowest BCUT2D eigenvalue weighted by atomic mass is 10.1. The van der Waals surface area contributed by atoms with Gasteiger partial charge in [-0.1, -0.05) is 6.07 Å². The summed E-state index contributed by atoms with van der Waals surface area (Å²) in [5.41, 5.74) is 8.11. The fourth-order valence-corrected chi connectivity index (χ4v) is 2.64. The second-order valence-corrected chi connectivity index (χ2v) is 5.51. The molecule has 2 heterocycles. The van der Waals surface area contributed by atoms with Gasteiger partial charge in [-0.2, -0.15) is 0 Å². The number of halogens is 1. The van der Waals surface area contributed by atoms with Crippen LogP contribution in [0.25, 0.3) is 0 Å². The quantitative estimate of drug-likeness (QED) is 0.874. The van der Waals surface area contributed by atoms with E-state index in [2.05, 4.69) is 9.88 Å². The molecule has 6 heteroatoms. The van der Waals surface area contributed by atoms with Gasteiger partial charge < -0.3 is 10.6 Å². The zero-order valence-electron chi connectivity index (χ0n) is 12.9. The van der Waals surface area contributed by atoms with Gasteiger partial charge in [0.2, 0.25) is 0 Å². The maximum atomic E-state index is 12.4. The number of pyridine rings is 1. The lowest BCUT2D eigenvalue weighted by Crippen LogP contribution is -2.48. The normalized spacial score (nSPS) is 15.0. The number of carbonyl (C=O) groups is 1. The summed E-state index contributed by atoms with van der Waals surface area (Å²) in [5, 5.41) is 0. The SMILES string of the molecule is Cl.Nc1ccc(C(=O)N2CCN(Cc3ccccn3)CC2)cc1. The van der Waals surface area contributed by atoms with Crippen LogP contribution in [0.1, 0.15) is 16.1 Å². The molecule has 0 bridgehead atoms. The predicted molar refractivity (Wildman–Crippen MR) is 93.5 cm³/mol. The fraction of sp³-hybridized carbons (Fsp3) is 0.294. The summed E-state index contributed by atoms with van der Waals surface area (Å²) in [5.74, 6) is 0.0810. The average molecular weight is 333 g/mol. The van der Waals surface area contributed by atoms with Crippen molar-refractivity contribution in [2.45, 2.75) is 6.54 Å². The Bertz CT molecular complexity index is 625. The van der Waals surface area contributed by atoms with Crippen LogP contribution in [-0.4, -0.2) is 46.9 Å². The summed E-state index contributed by atoms with van der Waals surface area (Å²) in [7, 11) is 0. The molecular formula is C17H21ClN4O. The molecule has 5 nitrogen and oxygen atoms in total. The number of benzene rings is 1. The van der Waals surface area contributed by atoms with Crippen LogP contribution in [0, 0.1) is 0 Å². The van der Waals surface area contributed by atoms with E-state index in [1.807, 2.05) is 29.3 Å². The standard InChI is InChI=1S/C17H20N4O.ClH/c18-15-6-4-14(5-7-15)17(22)21-11-9-20(10-12-21)13-16-3-1-2-8-19-16;/h1-8H,9-13,18H2;1H. The van der Waals surface area contributed by atoms with E-state index in [0.29, 0.717) is 11.3 Å². The number of anilines is 1. The summed E-state index contributed by atoms with van der Waals surface area (Å²) in [6, 6.07) is 13.1. The molecule has 23 heavy (non-hydrogen) atoms. The zero-order valence-corrected chi connectivity index (χ0v) is 13.7. The molecule has 2 aromatic rings. The van der Waals surface area contributed by atoms with Gasteiger partial charge in [0.15, 0.2) is 0 Å². The first-order valence-corrected chi connectivity index (χ1v) is 7.49. The molecule has 0 spiro atoms. The first-order chi connectivity index (χ1) is 10.7. The van der Waals surface area contributed by atoms with Crippen molar-refractivity contribution in [3.63, 3.8) is 0 Å². The van der Waals surface area contributed by atoms with E-state index >= 15 is 0 Å². The third-order valence-corrected chi connectivity index (χ3v) is 3.93. The molecule has 0 atom stereocenters. The molecule has 1 fully saturated rings. The van der Waals surface area contributed by atoms with Crippen LogP contribution in [0.4, 0.5) is 5.69 Å². The van der Waals surface area contributed by atoms with Crippen LogP contribution in [-0.2, 0) is 6.54 Å². The van der Waals surface area contributed by atoms with Gasteiger partial charge in [-0.25, -0.2) is 0 Å². The van der Waals surface area contributed by atoms with Crippen LogP contribution < -0.4 is 5.73 Å². The largest absolute Gasteiger partial charge is 0.399 e. The van der Waals surface area contributed by atoms with E-state index in [4.69, 9.17) is 5.73 Å². The van der Waals surface area contributed by atoms with Crippen molar-refractivity contribution >= 4 is 24.0 Å². The van der Waals surface area contributed by atoms with Crippen molar-refractivity contribution in [3.8, 4) is 0 Å². The van der Waals surface area contributed by atoms with Gasteiger partial charge >= 0.3 is 0 Å². The molecule has 1 aromatic heterocycles. The molecule has 2 N–H and O–H groups in total. The van der Waals surface area contributed by atoms with E-state index in [9.17, 15) is 4.79 Å². The number of carbonyl (C=O) groups excluding carboxylic acids is 1.